The third-order valence-corrected chi connectivity index (χ3v) is 7.66. The van der Waals surface area contributed by atoms with Gasteiger partial charge in [0.15, 0.2) is 0 Å². The third kappa shape index (κ3) is 4.56. The van der Waals surface area contributed by atoms with Crippen LogP contribution in [0.25, 0.3) is 0 Å². The molecule has 0 aliphatic carbocycles. The van der Waals surface area contributed by atoms with Gasteiger partial charge in [-0.25, -0.2) is 8.78 Å². The Kier molecular flexibility index (Phi) is 6.58. The largest absolute Gasteiger partial charge is 0.340 e. The number of nitrogens with zero attached hydrogens (tertiary/aromatic N) is 4. The van der Waals surface area contributed by atoms with Crippen molar-refractivity contribution >= 4 is 17.3 Å². The molecule has 1 amide bonds. The van der Waals surface area contributed by atoms with Crippen LogP contribution < -0.4 is 4.90 Å². The van der Waals surface area contributed by atoms with Crippen molar-refractivity contribution in [2.75, 3.05) is 57.3 Å². The summed E-state index contributed by atoms with van der Waals surface area (Å²) in [7, 11) is 0. The van der Waals surface area contributed by atoms with Gasteiger partial charge in [-0.05, 0) is 54.4 Å². The third-order valence-electron chi connectivity index (χ3n) is 7.66. The van der Waals surface area contributed by atoms with Crippen molar-refractivity contribution in [1.82, 2.24) is 14.7 Å². The van der Waals surface area contributed by atoms with Crippen molar-refractivity contribution in [3.05, 3.63) is 59.7 Å². The lowest BCUT2D eigenvalue weighted by Crippen LogP contribution is -2.52. The summed E-state index contributed by atoms with van der Waals surface area (Å²) in [6.45, 7) is 11.2. The molecular weight excluding hydrogens is 434 g/mol. The smallest absolute Gasteiger partial charge is 0.225 e. The first-order valence-electron chi connectivity index (χ1n) is 12.5. The lowest BCUT2D eigenvalue weighted by Gasteiger charge is -2.40. The Bertz CT molecular complexity index is 1020. The fourth-order valence-electron chi connectivity index (χ4n) is 5.82. The topological polar surface area (TPSA) is 30.0 Å². The number of piperazine rings is 1. The molecule has 7 heteroatoms. The second-order valence-electron chi connectivity index (χ2n) is 10.1. The lowest BCUT2D eigenvalue weighted by atomic mass is 9.89. The van der Waals surface area contributed by atoms with Crippen molar-refractivity contribution in [3.8, 4) is 0 Å². The van der Waals surface area contributed by atoms with Gasteiger partial charge in [0.25, 0.3) is 0 Å². The summed E-state index contributed by atoms with van der Waals surface area (Å²) in [5, 5.41) is 0. The van der Waals surface area contributed by atoms with E-state index in [2.05, 4.69) is 14.7 Å². The number of hydrogen-bond donors (Lipinski definition) is 0. The Hall–Kier alpha value is -2.51. The number of fused-ring (bicyclic) bond motifs is 3. The molecule has 2 saturated heterocycles. The van der Waals surface area contributed by atoms with E-state index in [1.54, 1.807) is 6.07 Å². The molecule has 0 unspecified atom stereocenters. The zero-order chi connectivity index (χ0) is 23.8. The zero-order valence-electron chi connectivity index (χ0n) is 20.1. The van der Waals surface area contributed by atoms with Crippen LogP contribution in [0.1, 0.15) is 31.7 Å². The molecule has 2 aromatic rings. The summed E-state index contributed by atoms with van der Waals surface area (Å²) < 4.78 is 27.8. The summed E-state index contributed by atoms with van der Waals surface area (Å²) in [5.74, 6) is 0.0819. The van der Waals surface area contributed by atoms with Crippen LogP contribution >= 0.6 is 0 Å². The molecule has 5 rings (SSSR count). The van der Waals surface area contributed by atoms with Gasteiger partial charge < -0.3 is 14.7 Å². The van der Waals surface area contributed by atoms with Crippen molar-refractivity contribution in [2.24, 2.45) is 5.92 Å². The van der Waals surface area contributed by atoms with Crippen LogP contribution in [0.3, 0.4) is 0 Å². The Morgan fingerprint density at radius 2 is 1.59 bits per heavy atom. The second-order valence-corrected chi connectivity index (χ2v) is 10.1. The van der Waals surface area contributed by atoms with Crippen LogP contribution in [0, 0.1) is 17.6 Å². The average molecular weight is 469 g/mol. The molecular formula is C27H34F2N4O. The molecule has 2 fully saturated rings. The van der Waals surface area contributed by atoms with Gasteiger partial charge in [-0.2, -0.15) is 0 Å². The number of likely N-dealkylation sites (tertiary alicyclic amines) is 1. The number of piperidine rings is 1. The SMILES string of the molecule is CC(C)C(=O)N1CCN(CCN2CC[C@@H]3[C@@H](C2)c2cc(F)ccc2N3c2ccc(F)cc2)CC1. The van der Waals surface area contributed by atoms with Crippen LogP contribution in [0.4, 0.5) is 20.2 Å². The van der Waals surface area contributed by atoms with E-state index in [1.165, 1.54) is 18.2 Å². The first-order chi connectivity index (χ1) is 16.4. The van der Waals surface area contributed by atoms with Gasteiger partial charge in [0.1, 0.15) is 11.6 Å². The second kappa shape index (κ2) is 9.62. The maximum absolute atomic E-state index is 14.2. The fourth-order valence-corrected chi connectivity index (χ4v) is 5.82. The highest BCUT2D eigenvalue weighted by atomic mass is 19.1. The van der Waals surface area contributed by atoms with Gasteiger partial charge in [-0.15, -0.1) is 0 Å². The van der Waals surface area contributed by atoms with Gasteiger partial charge in [0, 0.05) is 81.6 Å². The predicted molar refractivity (Wildman–Crippen MR) is 130 cm³/mol. The molecule has 0 N–H and O–H groups in total. The number of benzene rings is 2. The molecule has 0 bridgehead atoms. The number of hydrogen-bond acceptors (Lipinski definition) is 4. The molecule has 3 aliphatic heterocycles. The van der Waals surface area contributed by atoms with Crippen molar-refractivity contribution in [1.29, 1.82) is 0 Å². The van der Waals surface area contributed by atoms with Crippen LogP contribution in [0.5, 0.6) is 0 Å². The Labute approximate surface area is 200 Å². The molecule has 34 heavy (non-hydrogen) atoms. The van der Waals surface area contributed by atoms with Crippen molar-refractivity contribution in [2.45, 2.75) is 32.2 Å². The number of carbonyl (C=O) groups excluding carboxylic acids is 1. The molecule has 182 valence electrons. The fraction of sp³-hybridized carbons (Fsp3) is 0.519. The minimum Gasteiger partial charge on any atom is -0.340 e. The van der Waals surface area contributed by atoms with E-state index >= 15 is 0 Å². The summed E-state index contributed by atoms with van der Waals surface area (Å²) in [6, 6.07) is 12.0. The summed E-state index contributed by atoms with van der Waals surface area (Å²) in [4.78, 5) is 21.4. The molecule has 3 aliphatic rings. The quantitative estimate of drug-likeness (QED) is 0.662. The van der Waals surface area contributed by atoms with E-state index in [0.29, 0.717) is 0 Å². The van der Waals surface area contributed by atoms with Crippen LogP contribution in [0.2, 0.25) is 0 Å². The van der Waals surface area contributed by atoms with Gasteiger partial charge in [0.2, 0.25) is 5.91 Å². The minimum absolute atomic E-state index is 0.0569. The van der Waals surface area contributed by atoms with Crippen LogP contribution in [-0.4, -0.2) is 79.0 Å². The molecule has 2 atom stereocenters. The van der Waals surface area contributed by atoms with Gasteiger partial charge >= 0.3 is 0 Å². The van der Waals surface area contributed by atoms with Gasteiger partial charge in [0.05, 0.1) is 0 Å². The first-order valence-corrected chi connectivity index (χ1v) is 12.5. The summed E-state index contributed by atoms with van der Waals surface area (Å²) in [5.41, 5.74) is 3.06. The van der Waals surface area contributed by atoms with Crippen molar-refractivity contribution < 1.29 is 13.6 Å². The van der Waals surface area contributed by atoms with Crippen LogP contribution in [0.15, 0.2) is 42.5 Å². The number of carbonyl (C=O) groups is 1. The Balaban J connectivity index is 1.23. The zero-order valence-corrected chi connectivity index (χ0v) is 20.1. The van der Waals surface area contributed by atoms with Crippen molar-refractivity contribution in [3.63, 3.8) is 0 Å². The highest BCUT2D eigenvalue weighted by molar-refractivity contribution is 5.78. The molecule has 5 nitrogen and oxygen atoms in total. The van der Waals surface area contributed by atoms with Gasteiger partial charge in [-0.1, -0.05) is 13.8 Å². The molecule has 0 spiro atoms. The predicted octanol–water partition coefficient (Wildman–Crippen LogP) is 4.07. The molecule has 2 aromatic carbocycles. The van der Waals surface area contributed by atoms with Gasteiger partial charge in [-0.3, -0.25) is 9.69 Å². The van der Waals surface area contributed by atoms with E-state index < -0.39 is 0 Å². The molecule has 3 heterocycles. The summed E-state index contributed by atoms with van der Waals surface area (Å²) >= 11 is 0. The first kappa shape index (κ1) is 23.2. The molecule has 0 aromatic heterocycles. The maximum Gasteiger partial charge on any atom is 0.225 e. The molecule has 0 radical (unpaired) electrons. The number of rotatable bonds is 5. The van der Waals surface area contributed by atoms with E-state index in [9.17, 15) is 13.6 Å². The Morgan fingerprint density at radius 3 is 2.29 bits per heavy atom. The highest BCUT2D eigenvalue weighted by Crippen LogP contribution is 2.48. The van der Waals surface area contributed by atoms with E-state index in [-0.39, 0.29) is 35.4 Å². The number of anilines is 2. The monoisotopic (exact) mass is 468 g/mol. The standard InChI is InChI=1S/C27H34F2N4O/c1-19(2)27(34)32-15-13-30(14-16-32)11-12-31-10-9-26-24(18-31)23-17-21(29)5-8-25(23)33(26)22-6-3-20(28)4-7-22/h3-8,17,19,24,26H,9-16,18H2,1-2H3/t24-,26+/m0/s1. The van der Waals surface area contributed by atoms with Crippen LogP contribution in [-0.2, 0) is 4.79 Å². The van der Waals surface area contributed by atoms with E-state index in [0.717, 1.165) is 75.7 Å². The normalized spacial score (nSPS) is 23.3. The average Bonchev–Trinajstić information content (AvgIpc) is 3.16. The number of amides is 1. The summed E-state index contributed by atoms with van der Waals surface area (Å²) in [6.07, 6.45) is 0.981. The van der Waals surface area contributed by atoms with E-state index in [1.807, 2.05) is 36.9 Å². The lowest BCUT2D eigenvalue weighted by molar-refractivity contribution is -0.136. The molecule has 0 saturated carbocycles. The van der Waals surface area contributed by atoms with E-state index in [4.69, 9.17) is 0 Å². The maximum atomic E-state index is 14.2. The number of halogens is 2. The Morgan fingerprint density at radius 1 is 0.912 bits per heavy atom. The highest BCUT2D eigenvalue weighted by Gasteiger charge is 2.42. The minimum atomic E-state index is -0.247.